The van der Waals surface area contributed by atoms with Gasteiger partial charge in [-0.3, -0.25) is 0 Å². The summed E-state index contributed by atoms with van der Waals surface area (Å²) in [6, 6.07) is 5.55. The van der Waals surface area contributed by atoms with E-state index in [0.29, 0.717) is 18.8 Å². The minimum Gasteiger partial charge on any atom is -0.497 e. The third-order valence-corrected chi connectivity index (χ3v) is 2.78. The fourth-order valence-electron chi connectivity index (χ4n) is 1.76. The quantitative estimate of drug-likeness (QED) is 0.783. The summed E-state index contributed by atoms with van der Waals surface area (Å²) in [5.41, 5.74) is 1.64. The predicted octanol–water partition coefficient (Wildman–Crippen LogP) is 0.900. The third-order valence-electron chi connectivity index (χ3n) is 2.78. The molecule has 2 aromatic rings. The molecule has 1 aromatic carbocycles. The van der Waals surface area contributed by atoms with Crippen LogP contribution in [0.1, 0.15) is 5.69 Å². The summed E-state index contributed by atoms with van der Waals surface area (Å²) < 4.78 is 12.1. The number of benzene rings is 1. The van der Waals surface area contributed by atoms with Crippen LogP contribution in [-0.4, -0.2) is 40.9 Å². The molecule has 0 saturated heterocycles. The molecule has 0 saturated carbocycles. The number of hydrogen-bond acceptors (Lipinski definition) is 6. The van der Waals surface area contributed by atoms with Gasteiger partial charge in [-0.15, -0.1) is 5.10 Å². The highest BCUT2D eigenvalue weighted by atomic mass is 16.5. The van der Waals surface area contributed by atoms with Gasteiger partial charge in [0.05, 0.1) is 45.8 Å². The van der Waals surface area contributed by atoms with Gasteiger partial charge in [0.1, 0.15) is 17.2 Å². The Morgan fingerprint density at radius 1 is 1.30 bits per heavy atom. The van der Waals surface area contributed by atoms with E-state index in [9.17, 15) is 0 Å². The fourth-order valence-corrected chi connectivity index (χ4v) is 1.76. The van der Waals surface area contributed by atoms with Gasteiger partial charge in [-0.1, -0.05) is 5.21 Å². The van der Waals surface area contributed by atoms with Crippen molar-refractivity contribution < 1.29 is 14.6 Å². The Bertz CT molecular complexity index is 556. The Balaban J connectivity index is 2.02. The van der Waals surface area contributed by atoms with Crippen molar-refractivity contribution in [3.05, 3.63) is 30.1 Å². The zero-order chi connectivity index (χ0) is 14.4. The standard InChI is InChI=1S/C13H18N4O3/c1-19-11-3-4-12(13(7-11)20-2)14-8-10-9-17(5-6-18)16-15-10/h3-4,7,9,14,18H,5-6,8H2,1-2H3. The maximum Gasteiger partial charge on any atom is 0.145 e. The number of nitrogens with zero attached hydrogens (tertiary/aromatic N) is 3. The molecule has 0 unspecified atom stereocenters. The lowest BCUT2D eigenvalue weighted by Gasteiger charge is -2.11. The Kier molecular flexibility index (Phi) is 4.78. The summed E-state index contributed by atoms with van der Waals surface area (Å²) in [5.74, 6) is 1.44. The number of hydrogen-bond donors (Lipinski definition) is 2. The minimum atomic E-state index is 0.0442. The van der Waals surface area contributed by atoms with Crippen molar-refractivity contribution in [1.82, 2.24) is 15.0 Å². The van der Waals surface area contributed by atoms with E-state index in [4.69, 9.17) is 14.6 Å². The Morgan fingerprint density at radius 3 is 2.85 bits per heavy atom. The van der Waals surface area contributed by atoms with Crippen LogP contribution in [0.5, 0.6) is 11.5 Å². The highest BCUT2D eigenvalue weighted by Gasteiger charge is 2.06. The van der Waals surface area contributed by atoms with Gasteiger partial charge in [-0.05, 0) is 12.1 Å². The first-order chi connectivity index (χ1) is 9.76. The molecule has 0 radical (unpaired) electrons. The van der Waals surface area contributed by atoms with E-state index in [0.717, 1.165) is 17.1 Å². The summed E-state index contributed by atoms with van der Waals surface area (Å²) in [5, 5.41) is 20.0. The van der Waals surface area contributed by atoms with Crippen LogP contribution in [0.2, 0.25) is 0 Å². The van der Waals surface area contributed by atoms with Crippen molar-refractivity contribution in [1.29, 1.82) is 0 Å². The second-order valence-electron chi connectivity index (χ2n) is 4.12. The van der Waals surface area contributed by atoms with Crippen LogP contribution in [0.3, 0.4) is 0 Å². The smallest absolute Gasteiger partial charge is 0.145 e. The summed E-state index contributed by atoms with van der Waals surface area (Å²) in [6.45, 7) is 1.01. The van der Waals surface area contributed by atoms with Crippen LogP contribution in [0.4, 0.5) is 5.69 Å². The van der Waals surface area contributed by atoms with E-state index in [1.54, 1.807) is 25.1 Å². The zero-order valence-electron chi connectivity index (χ0n) is 11.5. The SMILES string of the molecule is COc1ccc(NCc2cn(CCO)nn2)c(OC)c1. The second-order valence-corrected chi connectivity index (χ2v) is 4.12. The molecule has 0 atom stereocenters. The zero-order valence-corrected chi connectivity index (χ0v) is 11.5. The van der Waals surface area contributed by atoms with E-state index in [1.165, 1.54) is 0 Å². The predicted molar refractivity (Wildman–Crippen MR) is 74.0 cm³/mol. The summed E-state index contributed by atoms with van der Waals surface area (Å²) >= 11 is 0. The molecule has 7 nitrogen and oxygen atoms in total. The van der Waals surface area contributed by atoms with Crippen LogP contribution in [0.15, 0.2) is 24.4 Å². The fraction of sp³-hybridized carbons (Fsp3) is 0.385. The van der Waals surface area contributed by atoms with Crippen LogP contribution in [0.25, 0.3) is 0 Å². The second kappa shape index (κ2) is 6.76. The maximum atomic E-state index is 8.82. The lowest BCUT2D eigenvalue weighted by atomic mass is 10.2. The first-order valence-corrected chi connectivity index (χ1v) is 6.22. The number of aromatic nitrogens is 3. The van der Waals surface area contributed by atoms with E-state index in [2.05, 4.69) is 15.6 Å². The Labute approximate surface area is 117 Å². The van der Waals surface area contributed by atoms with E-state index < -0.39 is 0 Å². The number of nitrogens with one attached hydrogen (secondary N) is 1. The summed E-state index contributed by atoms with van der Waals surface area (Å²) in [7, 11) is 3.22. The first kappa shape index (κ1) is 14.1. The van der Waals surface area contributed by atoms with Crippen molar-refractivity contribution in [2.75, 3.05) is 26.1 Å². The van der Waals surface area contributed by atoms with E-state index in [1.807, 2.05) is 18.2 Å². The molecule has 2 rings (SSSR count). The first-order valence-electron chi connectivity index (χ1n) is 6.22. The number of ether oxygens (including phenoxy) is 2. The van der Waals surface area contributed by atoms with E-state index >= 15 is 0 Å². The molecule has 1 aromatic heterocycles. The third kappa shape index (κ3) is 3.39. The minimum absolute atomic E-state index is 0.0442. The highest BCUT2D eigenvalue weighted by Crippen LogP contribution is 2.29. The van der Waals surface area contributed by atoms with Gasteiger partial charge in [-0.2, -0.15) is 0 Å². The number of aliphatic hydroxyl groups excluding tert-OH is 1. The molecule has 0 fully saturated rings. The van der Waals surface area contributed by atoms with Gasteiger partial charge in [0.2, 0.25) is 0 Å². The average Bonchev–Trinajstić information content (AvgIpc) is 2.93. The lowest BCUT2D eigenvalue weighted by molar-refractivity contribution is 0.268. The van der Waals surface area contributed by atoms with Crippen LogP contribution in [0, 0.1) is 0 Å². The molecular formula is C13H18N4O3. The van der Waals surface area contributed by atoms with Gasteiger partial charge in [0, 0.05) is 6.07 Å². The number of anilines is 1. The number of aliphatic hydroxyl groups is 1. The molecule has 2 N–H and O–H groups in total. The molecule has 20 heavy (non-hydrogen) atoms. The molecule has 1 heterocycles. The van der Waals surface area contributed by atoms with Crippen molar-refractivity contribution in [3.63, 3.8) is 0 Å². The molecule has 0 amide bonds. The Hall–Kier alpha value is -2.28. The molecular weight excluding hydrogens is 260 g/mol. The monoisotopic (exact) mass is 278 g/mol. The average molecular weight is 278 g/mol. The van der Waals surface area contributed by atoms with Crippen LogP contribution < -0.4 is 14.8 Å². The van der Waals surface area contributed by atoms with Gasteiger partial charge >= 0.3 is 0 Å². The molecule has 0 aliphatic carbocycles. The number of methoxy groups -OCH3 is 2. The van der Waals surface area contributed by atoms with Crippen molar-refractivity contribution in [3.8, 4) is 11.5 Å². The maximum absolute atomic E-state index is 8.82. The summed E-state index contributed by atoms with van der Waals surface area (Å²) in [6.07, 6.45) is 1.79. The Morgan fingerprint density at radius 2 is 2.15 bits per heavy atom. The number of rotatable bonds is 7. The lowest BCUT2D eigenvalue weighted by Crippen LogP contribution is -2.03. The molecule has 0 aliphatic rings. The van der Waals surface area contributed by atoms with E-state index in [-0.39, 0.29) is 6.61 Å². The summed E-state index contributed by atoms with van der Waals surface area (Å²) in [4.78, 5) is 0. The topological polar surface area (TPSA) is 81.4 Å². The molecule has 0 bridgehead atoms. The van der Waals surface area contributed by atoms with Gasteiger partial charge in [-0.25, -0.2) is 4.68 Å². The van der Waals surface area contributed by atoms with Crippen LogP contribution in [-0.2, 0) is 13.1 Å². The van der Waals surface area contributed by atoms with Gasteiger partial charge < -0.3 is 19.9 Å². The van der Waals surface area contributed by atoms with Gasteiger partial charge in [0.25, 0.3) is 0 Å². The van der Waals surface area contributed by atoms with Crippen molar-refractivity contribution in [2.24, 2.45) is 0 Å². The molecule has 0 aliphatic heterocycles. The van der Waals surface area contributed by atoms with Crippen molar-refractivity contribution in [2.45, 2.75) is 13.1 Å². The van der Waals surface area contributed by atoms with Crippen molar-refractivity contribution >= 4 is 5.69 Å². The van der Waals surface area contributed by atoms with Crippen LogP contribution >= 0.6 is 0 Å². The van der Waals surface area contributed by atoms with Gasteiger partial charge in [0.15, 0.2) is 0 Å². The molecule has 7 heteroatoms. The normalized spacial score (nSPS) is 10.3. The largest absolute Gasteiger partial charge is 0.497 e. The highest BCUT2D eigenvalue weighted by molar-refractivity contribution is 5.59. The molecule has 0 spiro atoms. The molecule has 108 valence electrons.